The molecule has 2 aromatic carbocycles. The van der Waals surface area contributed by atoms with Gasteiger partial charge in [0, 0.05) is 22.2 Å². The number of aromatic amines is 1. The van der Waals surface area contributed by atoms with Crippen molar-refractivity contribution in [3.8, 4) is 17.2 Å². The molecular formula is C24H30N2O3. The van der Waals surface area contributed by atoms with E-state index in [9.17, 15) is 0 Å². The zero-order chi connectivity index (χ0) is 20.5. The van der Waals surface area contributed by atoms with Crippen molar-refractivity contribution in [1.29, 1.82) is 0 Å². The molecular weight excluding hydrogens is 364 g/mol. The Hall–Kier alpha value is -2.66. The first-order chi connectivity index (χ1) is 14.1. The lowest BCUT2D eigenvalue weighted by atomic mass is 9.93. The molecule has 0 bridgehead atoms. The number of methoxy groups -OCH3 is 3. The molecule has 1 aromatic heterocycles. The van der Waals surface area contributed by atoms with Crippen LogP contribution in [-0.2, 0) is 12.8 Å². The molecule has 5 nitrogen and oxygen atoms in total. The molecule has 4 rings (SSSR count). The van der Waals surface area contributed by atoms with Crippen molar-refractivity contribution in [1.82, 2.24) is 10.3 Å². The molecule has 0 radical (unpaired) electrons. The molecule has 2 heterocycles. The van der Waals surface area contributed by atoms with Gasteiger partial charge in [-0.3, -0.25) is 0 Å². The summed E-state index contributed by atoms with van der Waals surface area (Å²) in [6.45, 7) is 5.45. The lowest BCUT2D eigenvalue weighted by Gasteiger charge is -2.26. The number of nitrogens with one attached hydrogen (secondary N) is 2. The molecule has 154 valence electrons. The standard InChI is InChI=1S/C24H30N2O3/c1-14(2)15-6-8-19-18(12-15)17-10-11-25-20(22(17)26-19)13-16-7-9-21(27-3)24(29-5)23(16)28-4/h6-9,12,14,20,25-26H,10-11,13H2,1-5H3. The van der Waals surface area contributed by atoms with E-state index in [-0.39, 0.29) is 6.04 Å². The summed E-state index contributed by atoms with van der Waals surface area (Å²) in [6.07, 6.45) is 1.84. The predicted molar refractivity (Wildman–Crippen MR) is 117 cm³/mol. The number of ether oxygens (including phenoxy) is 3. The van der Waals surface area contributed by atoms with Gasteiger partial charge in [0.1, 0.15) is 0 Å². The van der Waals surface area contributed by atoms with Crippen LogP contribution < -0.4 is 19.5 Å². The fourth-order valence-corrected chi connectivity index (χ4v) is 4.40. The summed E-state index contributed by atoms with van der Waals surface area (Å²) in [5.41, 5.74) is 6.41. The average Bonchev–Trinajstić information content (AvgIpc) is 3.12. The minimum atomic E-state index is 0.195. The van der Waals surface area contributed by atoms with E-state index in [2.05, 4.69) is 48.4 Å². The van der Waals surface area contributed by atoms with Crippen LogP contribution in [0, 0.1) is 0 Å². The van der Waals surface area contributed by atoms with Crippen LogP contribution in [0.1, 0.15) is 48.2 Å². The molecule has 0 saturated heterocycles. The van der Waals surface area contributed by atoms with Crippen molar-refractivity contribution in [2.75, 3.05) is 27.9 Å². The zero-order valence-corrected chi connectivity index (χ0v) is 17.9. The Morgan fingerprint density at radius 1 is 1.00 bits per heavy atom. The van der Waals surface area contributed by atoms with Crippen LogP contribution in [0.15, 0.2) is 30.3 Å². The fraction of sp³-hybridized carbons (Fsp3) is 0.417. The van der Waals surface area contributed by atoms with Gasteiger partial charge in [0.15, 0.2) is 11.5 Å². The van der Waals surface area contributed by atoms with E-state index in [4.69, 9.17) is 14.2 Å². The Kier molecular flexibility index (Phi) is 5.41. The number of benzene rings is 2. The third kappa shape index (κ3) is 3.44. The van der Waals surface area contributed by atoms with Gasteiger partial charge in [-0.2, -0.15) is 0 Å². The molecule has 3 aromatic rings. The number of aromatic nitrogens is 1. The third-order valence-corrected chi connectivity index (χ3v) is 5.95. The first-order valence-corrected chi connectivity index (χ1v) is 10.2. The average molecular weight is 395 g/mol. The number of hydrogen-bond acceptors (Lipinski definition) is 4. The molecule has 0 fully saturated rings. The number of fused-ring (bicyclic) bond motifs is 3. The lowest BCUT2D eigenvalue weighted by molar-refractivity contribution is 0.321. The highest BCUT2D eigenvalue weighted by Crippen LogP contribution is 2.42. The predicted octanol–water partition coefficient (Wildman–Crippen LogP) is 4.75. The topological polar surface area (TPSA) is 55.5 Å². The number of H-pyrrole nitrogens is 1. The van der Waals surface area contributed by atoms with Crippen molar-refractivity contribution < 1.29 is 14.2 Å². The second-order valence-corrected chi connectivity index (χ2v) is 7.93. The highest BCUT2D eigenvalue weighted by atomic mass is 16.5. The van der Waals surface area contributed by atoms with Gasteiger partial charge in [0.05, 0.1) is 27.4 Å². The van der Waals surface area contributed by atoms with Crippen molar-refractivity contribution in [2.24, 2.45) is 0 Å². The van der Waals surface area contributed by atoms with E-state index in [1.165, 1.54) is 27.7 Å². The molecule has 1 atom stereocenters. The van der Waals surface area contributed by atoms with Crippen molar-refractivity contribution >= 4 is 10.9 Å². The smallest absolute Gasteiger partial charge is 0.203 e. The number of hydrogen-bond donors (Lipinski definition) is 2. The van der Waals surface area contributed by atoms with E-state index >= 15 is 0 Å². The van der Waals surface area contributed by atoms with E-state index in [0.717, 1.165) is 30.7 Å². The number of rotatable bonds is 6. The Morgan fingerprint density at radius 2 is 1.79 bits per heavy atom. The van der Waals surface area contributed by atoms with Crippen LogP contribution >= 0.6 is 0 Å². The summed E-state index contributed by atoms with van der Waals surface area (Å²) in [6, 6.07) is 11.0. The van der Waals surface area contributed by atoms with Crippen LogP contribution in [0.3, 0.4) is 0 Å². The normalized spacial score (nSPS) is 16.1. The van der Waals surface area contributed by atoms with Gasteiger partial charge in [-0.1, -0.05) is 26.0 Å². The molecule has 0 aliphatic carbocycles. The van der Waals surface area contributed by atoms with Gasteiger partial charge < -0.3 is 24.5 Å². The van der Waals surface area contributed by atoms with Gasteiger partial charge in [-0.15, -0.1) is 0 Å². The maximum absolute atomic E-state index is 5.70. The zero-order valence-electron chi connectivity index (χ0n) is 17.9. The second-order valence-electron chi connectivity index (χ2n) is 7.93. The Bertz CT molecular complexity index is 1020. The summed E-state index contributed by atoms with van der Waals surface area (Å²) in [5, 5.41) is 5.04. The minimum Gasteiger partial charge on any atom is -0.493 e. The second kappa shape index (κ2) is 7.99. The van der Waals surface area contributed by atoms with Crippen molar-refractivity contribution in [2.45, 2.75) is 38.6 Å². The van der Waals surface area contributed by atoms with Gasteiger partial charge in [-0.05, 0) is 54.6 Å². The van der Waals surface area contributed by atoms with Crippen LogP contribution in [-0.4, -0.2) is 32.9 Å². The summed E-state index contributed by atoms with van der Waals surface area (Å²) in [7, 11) is 4.96. The highest BCUT2D eigenvalue weighted by Gasteiger charge is 2.26. The van der Waals surface area contributed by atoms with Crippen molar-refractivity contribution in [3.05, 3.63) is 52.7 Å². The molecule has 0 saturated carbocycles. The maximum Gasteiger partial charge on any atom is 0.203 e. The van der Waals surface area contributed by atoms with Crippen LogP contribution in [0.2, 0.25) is 0 Å². The largest absolute Gasteiger partial charge is 0.493 e. The lowest BCUT2D eigenvalue weighted by Crippen LogP contribution is -2.31. The summed E-state index contributed by atoms with van der Waals surface area (Å²) < 4.78 is 16.7. The first kappa shape index (κ1) is 19.6. The molecule has 29 heavy (non-hydrogen) atoms. The Morgan fingerprint density at radius 3 is 2.48 bits per heavy atom. The molecule has 0 spiro atoms. The van der Waals surface area contributed by atoms with Gasteiger partial charge >= 0.3 is 0 Å². The van der Waals surface area contributed by atoms with Crippen LogP contribution in [0.25, 0.3) is 10.9 Å². The maximum atomic E-state index is 5.70. The van der Waals surface area contributed by atoms with Crippen LogP contribution in [0.5, 0.6) is 17.2 Å². The molecule has 1 unspecified atom stereocenters. The molecule has 2 N–H and O–H groups in total. The Balaban J connectivity index is 1.73. The summed E-state index contributed by atoms with van der Waals surface area (Å²) in [4.78, 5) is 3.68. The van der Waals surface area contributed by atoms with Gasteiger partial charge in [0.25, 0.3) is 0 Å². The minimum absolute atomic E-state index is 0.195. The Labute approximate surface area is 172 Å². The van der Waals surface area contributed by atoms with Gasteiger partial charge in [-0.25, -0.2) is 0 Å². The van der Waals surface area contributed by atoms with Gasteiger partial charge in [0.2, 0.25) is 5.75 Å². The molecule has 0 amide bonds. The summed E-state index contributed by atoms with van der Waals surface area (Å²) >= 11 is 0. The third-order valence-electron chi connectivity index (χ3n) is 5.95. The molecule has 5 heteroatoms. The van der Waals surface area contributed by atoms with E-state index in [0.29, 0.717) is 17.4 Å². The molecule has 1 aliphatic heterocycles. The fourth-order valence-electron chi connectivity index (χ4n) is 4.40. The quantitative estimate of drug-likeness (QED) is 0.634. The van der Waals surface area contributed by atoms with E-state index in [1.54, 1.807) is 21.3 Å². The SMILES string of the molecule is COc1ccc(CC2NCCc3c2[nH]c2ccc(C(C)C)cc32)c(OC)c1OC. The first-order valence-electron chi connectivity index (χ1n) is 10.2. The van der Waals surface area contributed by atoms with Crippen molar-refractivity contribution in [3.63, 3.8) is 0 Å². The monoisotopic (exact) mass is 394 g/mol. The highest BCUT2D eigenvalue weighted by molar-refractivity contribution is 5.86. The molecule has 1 aliphatic rings. The van der Waals surface area contributed by atoms with Crippen LogP contribution in [0.4, 0.5) is 0 Å². The van der Waals surface area contributed by atoms with E-state index < -0.39 is 0 Å². The van der Waals surface area contributed by atoms with E-state index in [1.807, 2.05) is 6.07 Å². The summed E-state index contributed by atoms with van der Waals surface area (Å²) in [5.74, 6) is 2.58.